The molecule has 0 aliphatic rings. The van der Waals surface area contributed by atoms with Crippen molar-refractivity contribution < 1.29 is 36.2 Å². The molecule has 2 rings (SSSR count). The summed E-state index contributed by atoms with van der Waals surface area (Å²) in [6.07, 6.45) is -14.5. The zero-order valence-corrected chi connectivity index (χ0v) is 16.4. The number of hydrogen-bond acceptors (Lipinski definition) is 2. The lowest BCUT2D eigenvalue weighted by Crippen LogP contribution is -2.64. The van der Waals surface area contributed by atoms with Crippen LogP contribution in [0, 0.1) is 0 Å². The Morgan fingerprint density at radius 3 is 2.03 bits per heavy atom. The number of allylic oxidation sites excluding steroid dienone is 1. The number of aliphatic hydroxyl groups is 1. The number of hydrogen-bond donors (Lipinski definition) is 1. The van der Waals surface area contributed by atoms with E-state index in [1.165, 1.54) is 13.8 Å². The predicted octanol–water partition coefficient (Wildman–Crippen LogP) is 6.37. The van der Waals surface area contributed by atoms with E-state index in [1.807, 2.05) is 13.0 Å². The van der Waals surface area contributed by atoms with Crippen LogP contribution < -0.4 is 0 Å². The van der Waals surface area contributed by atoms with Gasteiger partial charge in [-0.1, -0.05) is 42.5 Å². The molecule has 2 aromatic carbocycles. The zero-order chi connectivity index (χ0) is 22.4. The predicted molar refractivity (Wildman–Crippen MR) is 99.3 cm³/mol. The fraction of sp³-hybridized carbons (Fsp3) is 0.429. The number of fused-ring (bicyclic) bond motifs is 1. The lowest BCUT2D eigenvalue weighted by Gasteiger charge is -2.40. The third kappa shape index (κ3) is 4.14. The molecule has 8 heteroatoms. The fourth-order valence-electron chi connectivity index (χ4n) is 3.25. The van der Waals surface area contributed by atoms with E-state index in [0.717, 1.165) is 21.9 Å². The first-order valence-corrected chi connectivity index (χ1v) is 8.75. The largest absolute Gasteiger partial charge is 0.428 e. The van der Waals surface area contributed by atoms with Gasteiger partial charge in [0.1, 0.15) is 6.10 Å². The Hall–Kier alpha value is -2.06. The van der Waals surface area contributed by atoms with Gasteiger partial charge in [0.2, 0.25) is 0 Å². The molecule has 0 aromatic heterocycles. The van der Waals surface area contributed by atoms with Crippen LogP contribution in [0.2, 0.25) is 0 Å². The smallest absolute Gasteiger partial charge is 0.372 e. The van der Waals surface area contributed by atoms with Gasteiger partial charge in [-0.2, -0.15) is 26.3 Å². The number of alkyl halides is 6. The van der Waals surface area contributed by atoms with Gasteiger partial charge in [0.05, 0.1) is 5.60 Å². The van der Waals surface area contributed by atoms with Crippen molar-refractivity contribution in [2.45, 2.75) is 57.4 Å². The van der Waals surface area contributed by atoms with Gasteiger partial charge in [0, 0.05) is 0 Å². The highest BCUT2D eigenvalue weighted by Crippen LogP contribution is 2.47. The molecule has 0 amide bonds. The maximum Gasteiger partial charge on any atom is 0.428 e. The second-order valence-electron chi connectivity index (χ2n) is 7.55. The van der Waals surface area contributed by atoms with E-state index in [0.29, 0.717) is 12.5 Å². The first-order valence-electron chi connectivity index (χ1n) is 8.75. The van der Waals surface area contributed by atoms with Crippen LogP contribution in [0.25, 0.3) is 16.3 Å². The molecule has 0 bridgehead atoms. The van der Waals surface area contributed by atoms with Crippen LogP contribution in [0.3, 0.4) is 0 Å². The second-order valence-corrected chi connectivity index (χ2v) is 7.55. The molecule has 0 aliphatic heterocycles. The maximum absolute atomic E-state index is 13.1. The third-order valence-electron chi connectivity index (χ3n) is 4.96. The Balaban J connectivity index is 2.46. The summed E-state index contributed by atoms with van der Waals surface area (Å²) in [6.45, 7) is 8.97. The van der Waals surface area contributed by atoms with Crippen molar-refractivity contribution in [3.8, 4) is 0 Å². The van der Waals surface area contributed by atoms with Crippen LogP contribution in [-0.2, 0) is 10.3 Å². The number of rotatable bonds is 5. The van der Waals surface area contributed by atoms with Gasteiger partial charge in [-0.15, -0.1) is 0 Å². The Kier molecular flexibility index (Phi) is 5.86. The van der Waals surface area contributed by atoms with Gasteiger partial charge in [0.25, 0.3) is 5.60 Å². The zero-order valence-electron chi connectivity index (χ0n) is 16.4. The van der Waals surface area contributed by atoms with Crippen LogP contribution in [0.1, 0.15) is 38.8 Å². The molecule has 0 spiro atoms. The highest BCUT2D eigenvalue weighted by Gasteiger charge is 2.74. The van der Waals surface area contributed by atoms with Crippen molar-refractivity contribution in [3.63, 3.8) is 0 Å². The molecular weight excluding hydrogens is 398 g/mol. The van der Waals surface area contributed by atoms with E-state index < -0.39 is 29.7 Å². The molecule has 1 atom stereocenters. The molecule has 160 valence electrons. The van der Waals surface area contributed by atoms with Crippen molar-refractivity contribution in [1.82, 2.24) is 0 Å². The van der Waals surface area contributed by atoms with Crippen molar-refractivity contribution in [2.75, 3.05) is 0 Å². The van der Waals surface area contributed by atoms with Gasteiger partial charge >= 0.3 is 12.4 Å². The number of ether oxygens (including phenoxy) is 1. The summed E-state index contributed by atoms with van der Waals surface area (Å²) in [7, 11) is 0. The number of halogens is 6. The van der Waals surface area contributed by atoms with Crippen molar-refractivity contribution >= 4 is 16.3 Å². The minimum Gasteiger partial charge on any atom is -0.372 e. The summed E-state index contributed by atoms with van der Waals surface area (Å²) < 4.78 is 83.8. The normalized spacial score (nSPS) is 14.9. The Morgan fingerprint density at radius 1 is 1.00 bits per heavy atom. The molecule has 0 saturated heterocycles. The van der Waals surface area contributed by atoms with Crippen LogP contribution in [0.4, 0.5) is 26.3 Å². The topological polar surface area (TPSA) is 29.5 Å². The van der Waals surface area contributed by atoms with E-state index in [4.69, 9.17) is 4.74 Å². The molecule has 2 aromatic rings. The van der Waals surface area contributed by atoms with Crippen LogP contribution in [0.5, 0.6) is 0 Å². The monoisotopic (exact) mass is 420 g/mol. The van der Waals surface area contributed by atoms with Crippen molar-refractivity contribution in [3.05, 3.63) is 54.1 Å². The van der Waals surface area contributed by atoms with Gasteiger partial charge in [-0.3, -0.25) is 0 Å². The van der Waals surface area contributed by atoms with E-state index in [-0.39, 0.29) is 0 Å². The molecule has 1 N–H and O–H groups in total. The average molecular weight is 420 g/mol. The summed E-state index contributed by atoms with van der Waals surface area (Å²) in [5.74, 6) is 0. The van der Waals surface area contributed by atoms with E-state index in [2.05, 4.69) is 6.58 Å². The molecule has 2 nitrogen and oxygen atoms in total. The van der Waals surface area contributed by atoms with Gasteiger partial charge in [-0.25, -0.2) is 0 Å². The molecular formula is C21H22F6O2. The maximum atomic E-state index is 13.1. The average Bonchev–Trinajstić information content (AvgIpc) is 2.57. The highest BCUT2D eigenvalue weighted by molar-refractivity contribution is 5.93. The van der Waals surface area contributed by atoms with Crippen LogP contribution in [0.15, 0.2) is 43.0 Å². The first-order chi connectivity index (χ1) is 13.0. The minimum atomic E-state index is -5.96. The third-order valence-corrected chi connectivity index (χ3v) is 4.96. The Labute approximate surface area is 164 Å². The molecule has 0 heterocycles. The molecule has 0 fully saturated rings. The number of benzene rings is 2. The van der Waals surface area contributed by atoms with Crippen molar-refractivity contribution in [1.29, 1.82) is 0 Å². The highest BCUT2D eigenvalue weighted by atomic mass is 19.4. The quantitative estimate of drug-likeness (QED) is 0.570. The minimum absolute atomic E-state index is 0.363. The summed E-state index contributed by atoms with van der Waals surface area (Å²) in [6, 6.07) is 10.3. The molecule has 0 radical (unpaired) electrons. The molecule has 0 saturated carbocycles. The van der Waals surface area contributed by atoms with Gasteiger partial charge < -0.3 is 9.84 Å². The van der Waals surface area contributed by atoms with Crippen LogP contribution in [-0.4, -0.2) is 29.2 Å². The first kappa shape index (κ1) is 23.2. The van der Waals surface area contributed by atoms with Crippen LogP contribution >= 0.6 is 0 Å². The SMILES string of the molecule is C=C(C)c1cccc2cc(C(C)(C)OC(C)C(O)(C(F)(F)F)C(F)(F)F)ccc12. The lowest BCUT2D eigenvalue weighted by atomic mass is 9.90. The summed E-state index contributed by atoms with van der Waals surface area (Å²) >= 11 is 0. The van der Waals surface area contributed by atoms with E-state index in [1.54, 1.807) is 30.3 Å². The Bertz CT molecular complexity index is 898. The summed E-state index contributed by atoms with van der Waals surface area (Å²) in [5.41, 5.74) is -4.49. The summed E-state index contributed by atoms with van der Waals surface area (Å²) in [4.78, 5) is 0. The van der Waals surface area contributed by atoms with E-state index in [9.17, 15) is 31.4 Å². The standard InChI is InChI=1S/C21H22F6O2/c1-12(2)16-8-6-7-14-11-15(9-10-17(14)16)18(4,5)29-13(3)19(28,20(22,23)24)21(25,26)27/h6-11,13,28H,1H2,2-5H3. The molecule has 0 aliphatic carbocycles. The van der Waals surface area contributed by atoms with Gasteiger partial charge in [0.15, 0.2) is 0 Å². The second kappa shape index (κ2) is 7.32. The fourth-order valence-corrected chi connectivity index (χ4v) is 3.25. The molecule has 1 unspecified atom stereocenters. The molecule has 29 heavy (non-hydrogen) atoms. The van der Waals surface area contributed by atoms with E-state index >= 15 is 0 Å². The summed E-state index contributed by atoms with van der Waals surface area (Å²) in [5, 5.41) is 11.1. The lowest BCUT2D eigenvalue weighted by molar-refractivity contribution is -0.398. The Morgan fingerprint density at radius 2 is 1.55 bits per heavy atom. The van der Waals surface area contributed by atoms with Crippen molar-refractivity contribution in [2.24, 2.45) is 0 Å². The van der Waals surface area contributed by atoms with Gasteiger partial charge in [-0.05, 0) is 55.7 Å².